The summed E-state index contributed by atoms with van der Waals surface area (Å²) in [6, 6.07) is 5.32. The van der Waals surface area contributed by atoms with E-state index < -0.39 is 0 Å². The average molecular weight is 318 g/mol. The molecule has 0 amide bonds. The smallest absolute Gasteiger partial charge is 0.338 e. The third kappa shape index (κ3) is 3.44. The van der Waals surface area contributed by atoms with Gasteiger partial charge in [0.05, 0.1) is 31.6 Å². The molecule has 23 heavy (non-hydrogen) atoms. The molecule has 7 nitrogen and oxygen atoms in total. The van der Waals surface area contributed by atoms with Crippen molar-refractivity contribution in [2.24, 2.45) is 0 Å². The molecule has 0 aromatic carbocycles. The third-order valence-corrected chi connectivity index (χ3v) is 4.76. The Morgan fingerprint density at radius 3 is 2.87 bits per heavy atom. The Morgan fingerprint density at radius 1 is 1.35 bits per heavy atom. The molecule has 2 aromatic heterocycles. The van der Waals surface area contributed by atoms with E-state index in [-0.39, 0.29) is 10.6 Å². The van der Waals surface area contributed by atoms with E-state index in [1.807, 2.05) is 6.07 Å². The Balaban J connectivity index is 1.63. The highest BCUT2D eigenvalue weighted by Gasteiger charge is 2.25. The second-order valence-corrected chi connectivity index (χ2v) is 6.62. The van der Waals surface area contributed by atoms with Crippen LogP contribution in [0.4, 0.5) is 11.5 Å². The van der Waals surface area contributed by atoms with Gasteiger partial charge in [0.15, 0.2) is 0 Å². The van der Waals surface area contributed by atoms with Gasteiger partial charge in [-0.1, -0.05) is 6.07 Å². The van der Waals surface area contributed by atoms with Crippen molar-refractivity contribution in [3.05, 3.63) is 34.5 Å². The number of hydrogen-bond donors (Lipinski definition) is 1. The van der Waals surface area contributed by atoms with Gasteiger partial charge in [0, 0.05) is 19.2 Å². The lowest BCUT2D eigenvalue weighted by Gasteiger charge is -2.37. The maximum atomic E-state index is 11.3. The molecule has 2 aromatic rings. The number of likely N-dealkylation sites (tertiary alicyclic amines) is 1. The number of hydrogen-bond acceptors (Lipinski definition) is 4. The van der Waals surface area contributed by atoms with Gasteiger partial charge in [0.25, 0.3) is 0 Å². The molecular formula is C16H24N5O2+. The number of aromatic nitrogens is 2. The molecule has 1 aliphatic rings. The standard InChI is InChI=1S/C16H24N5O2/c1-21(11-5-2-6-12-21)13-7-9-17-16-15(20(22)23)14-8-3-4-10-19(14)18-16/h3-4,8,10H,2,5-7,9,11-13H2,1H3,(H,17,18)/q+1. The van der Waals surface area contributed by atoms with Gasteiger partial charge < -0.3 is 9.80 Å². The molecule has 0 atom stereocenters. The average Bonchev–Trinajstić information content (AvgIpc) is 2.90. The van der Waals surface area contributed by atoms with Crippen LogP contribution in [0.15, 0.2) is 24.4 Å². The fraction of sp³-hybridized carbons (Fsp3) is 0.562. The highest BCUT2D eigenvalue weighted by Crippen LogP contribution is 2.28. The molecule has 0 saturated carbocycles. The Hall–Kier alpha value is -2.15. The summed E-state index contributed by atoms with van der Waals surface area (Å²) in [6.45, 7) is 4.30. The highest BCUT2D eigenvalue weighted by atomic mass is 16.6. The first-order chi connectivity index (χ1) is 11.1. The molecule has 1 saturated heterocycles. The molecule has 0 bridgehead atoms. The molecule has 0 aliphatic carbocycles. The van der Waals surface area contributed by atoms with Crippen molar-refractivity contribution in [2.75, 3.05) is 38.5 Å². The third-order valence-electron chi connectivity index (χ3n) is 4.76. The zero-order valence-corrected chi connectivity index (χ0v) is 13.6. The lowest BCUT2D eigenvalue weighted by Crippen LogP contribution is -2.48. The number of nitrogens with one attached hydrogen (secondary N) is 1. The first-order valence-electron chi connectivity index (χ1n) is 8.28. The Morgan fingerprint density at radius 2 is 2.13 bits per heavy atom. The summed E-state index contributed by atoms with van der Waals surface area (Å²) in [6.07, 6.45) is 6.68. The Kier molecular flexibility index (Phi) is 4.47. The van der Waals surface area contributed by atoms with Crippen molar-refractivity contribution < 1.29 is 9.41 Å². The number of nitro groups is 1. The van der Waals surface area contributed by atoms with Gasteiger partial charge in [-0.3, -0.25) is 10.1 Å². The van der Waals surface area contributed by atoms with Crippen LogP contribution >= 0.6 is 0 Å². The molecule has 3 rings (SSSR count). The lowest BCUT2D eigenvalue weighted by atomic mass is 10.1. The van der Waals surface area contributed by atoms with E-state index >= 15 is 0 Å². The number of rotatable bonds is 6. The molecule has 0 unspecified atom stereocenters. The summed E-state index contributed by atoms with van der Waals surface area (Å²) in [5, 5.41) is 18.8. The van der Waals surface area contributed by atoms with Crippen LogP contribution in [0.25, 0.3) is 5.52 Å². The number of nitrogens with zero attached hydrogens (tertiary/aromatic N) is 4. The monoisotopic (exact) mass is 318 g/mol. The number of piperidine rings is 1. The quantitative estimate of drug-likeness (QED) is 0.385. The van der Waals surface area contributed by atoms with E-state index in [1.165, 1.54) is 32.4 Å². The molecule has 0 spiro atoms. The summed E-state index contributed by atoms with van der Waals surface area (Å²) in [5.74, 6) is 0.363. The number of anilines is 1. The van der Waals surface area contributed by atoms with Gasteiger partial charge in [0.2, 0.25) is 5.82 Å². The molecule has 1 fully saturated rings. The zero-order chi connectivity index (χ0) is 16.3. The Labute approximate surface area is 135 Å². The van der Waals surface area contributed by atoms with Crippen LogP contribution in [0, 0.1) is 10.1 Å². The van der Waals surface area contributed by atoms with Gasteiger partial charge in [-0.2, -0.15) is 0 Å². The van der Waals surface area contributed by atoms with E-state index in [9.17, 15) is 10.1 Å². The van der Waals surface area contributed by atoms with E-state index in [0.717, 1.165) is 17.4 Å². The molecular weight excluding hydrogens is 294 g/mol. The molecule has 3 heterocycles. The molecule has 1 aliphatic heterocycles. The van der Waals surface area contributed by atoms with Gasteiger partial charge >= 0.3 is 5.69 Å². The van der Waals surface area contributed by atoms with Crippen LogP contribution in [-0.4, -0.2) is 52.2 Å². The fourth-order valence-electron chi connectivity index (χ4n) is 3.45. The van der Waals surface area contributed by atoms with Gasteiger partial charge in [0.1, 0.15) is 5.52 Å². The first-order valence-corrected chi connectivity index (χ1v) is 8.28. The maximum absolute atomic E-state index is 11.3. The van der Waals surface area contributed by atoms with Crippen LogP contribution in [-0.2, 0) is 0 Å². The SMILES string of the molecule is C[N+]1(CCCNc2nn3ccccc3c2[N+](=O)[O-])CCCCC1. The van der Waals surface area contributed by atoms with Crippen LogP contribution in [0.1, 0.15) is 25.7 Å². The largest absolute Gasteiger partial charge is 0.363 e. The number of pyridine rings is 1. The maximum Gasteiger partial charge on any atom is 0.338 e. The van der Waals surface area contributed by atoms with E-state index in [1.54, 1.807) is 22.8 Å². The second kappa shape index (κ2) is 6.54. The van der Waals surface area contributed by atoms with Gasteiger partial charge in [-0.15, -0.1) is 5.10 Å². The molecule has 1 N–H and O–H groups in total. The minimum absolute atomic E-state index is 0.0592. The topological polar surface area (TPSA) is 72.5 Å². The molecule has 124 valence electrons. The highest BCUT2D eigenvalue weighted by molar-refractivity contribution is 5.76. The van der Waals surface area contributed by atoms with Crippen molar-refractivity contribution in [3.63, 3.8) is 0 Å². The predicted octanol–water partition coefficient (Wildman–Crippen LogP) is 2.67. The minimum atomic E-state index is -0.358. The predicted molar refractivity (Wildman–Crippen MR) is 89.6 cm³/mol. The van der Waals surface area contributed by atoms with Crippen molar-refractivity contribution in [1.82, 2.24) is 9.61 Å². The number of fused-ring (bicyclic) bond motifs is 1. The number of quaternary nitrogens is 1. The second-order valence-electron chi connectivity index (χ2n) is 6.62. The van der Waals surface area contributed by atoms with E-state index in [4.69, 9.17) is 0 Å². The zero-order valence-electron chi connectivity index (χ0n) is 13.6. The molecule has 0 radical (unpaired) electrons. The van der Waals surface area contributed by atoms with Crippen LogP contribution < -0.4 is 5.32 Å². The van der Waals surface area contributed by atoms with Crippen LogP contribution in [0.2, 0.25) is 0 Å². The van der Waals surface area contributed by atoms with Crippen molar-refractivity contribution >= 4 is 17.0 Å². The van der Waals surface area contributed by atoms with E-state index in [2.05, 4.69) is 17.5 Å². The summed E-state index contributed by atoms with van der Waals surface area (Å²) in [5.41, 5.74) is 0.582. The minimum Gasteiger partial charge on any atom is -0.363 e. The van der Waals surface area contributed by atoms with E-state index in [0.29, 0.717) is 17.9 Å². The summed E-state index contributed by atoms with van der Waals surface area (Å²) in [4.78, 5) is 11.0. The Bertz CT molecular complexity index is 691. The molecule has 7 heteroatoms. The summed E-state index contributed by atoms with van der Waals surface area (Å²) < 4.78 is 2.67. The first kappa shape index (κ1) is 15.7. The van der Waals surface area contributed by atoms with Gasteiger partial charge in [-0.25, -0.2) is 4.52 Å². The fourth-order valence-corrected chi connectivity index (χ4v) is 3.45. The lowest BCUT2D eigenvalue weighted by molar-refractivity contribution is -0.914. The summed E-state index contributed by atoms with van der Waals surface area (Å²) in [7, 11) is 2.31. The van der Waals surface area contributed by atoms with Crippen LogP contribution in [0.3, 0.4) is 0 Å². The van der Waals surface area contributed by atoms with Crippen molar-refractivity contribution in [1.29, 1.82) is 0 Å². The summed E-state index contributed by atoms with van der Waals surface area (Å²) >= 11 is 0. The van der Waals surface area contributed by atoms with Gasteiger partial charge in [-0.05, 0) is 31.4 Å². The van der Waals surface area contributed by atoms with Crippen molar-refractivity contribution in [3.8, 4) is 0 Å². The van der Waals surface area contributed by atoms with Crippen LogP contribution in [0.5, 0.6) is 0 Å². The normalized spacial score (nSPS) is 17.3. The van der Waals surface area contributed by atoms with Crippen molar-refractivity contribution in [2.45, 2.75) is 25.7 Å².